The summed E-state index contributed by atoms with van der Waals surface area (Å²) in [7, 11) is 2.12. The van der Waals surface area contributed by atoms with Crippen molar-refractivity contribution in [2.24, 2.45) is 7.05 Å². The maximum Gasteiger partial charge on any atom is 0.262 e. The van der Waals surface area contributed by atoms with Crippen LogP contribution in [0.5, 0.6) is 0 Å². The van der Waals surface area contributed by atoms with E-state index in [-0.39, 0.29) is 5.48 Å². The zero-order valence-electron chi connectivity index (χ0n) is 12.6. The Morgan fingerprint density at radius 2 is 1.83 bits per heavy atom. The van der Waals surface area contributed by atoms with Crippen molar-refractivity contribution >= 4 is 45.1 Å². The first-order valence-corrected chi connectivity index (χ1v) is 8.74. The maximum absolute atomic E-state index is 3.43. The third-order valence-corrected chi connectivity index (χ3v) is 5.84. The van der Waals surface area contributed by atoms with Crippen molar-refractivity contribution in [2.45, 2.75) is 4.90 Å². The molecule has 0 atom stereocenters. The number of nitrogens with one attached hydrogen (secondary N) is 1. The number of nitrogens with zero attached hydrogens (tertiary/aromatic N) is 1. The van der Waals surface area contributed by atoms with Crippen LogP contribution in [0.15, 0.2) is 70.6 Å². The van der Waals surface area contributed by atoms with Crippen LogP contribution in [-0.2, 0) is 7.05 Å². The number of allylic oxidation sites excluding steroid dienone is 2. The zero-order valence-corrected chi connectivity index (χ0v) is 14.2. The Labute approximate surface area is 143 Å². The lowest BCUT2D eigenvalue weighted by atomic mass is 10.3. The minimum Gasteiger partial charge on any atom is -0.870 e. The molecular weight excluding hydrogens is 324 g/mol. The highest BCUT2D eigenvalue weighted by Gasteiger charge is 2.15. The van der Waals surface area contributed by atoms with Crippen LogP contribution in [0.3, 0.4) is 0 Å². The Hall–Kier alpha value is -2.08. The normalized spacial score (nSPS) is 14.9. The summed E-state index contributed by atoms with van der Waals surface area (Å²) in [4.78, 5) is 1.29. The molecule has 0 aliphatic carbocycles. The van der Waals surface area contributed by atoms with Gasteiger partial charge in [0.1, 0.15) is 11.7 Å². The average Bonchev–Trinajstić information content (AvgIpc) is 3.09. The maximum atomic E-state index is 3.43. The van der Waals surface area contributed by atoms with Crippen LogP contribution in [0.1, 0.15) is 5.01 Å². The fraction of sp³-hybridized carbons (Fsp3) is 0.0556. The molecule has 2 heterocycles. The van der Waals surface area contributed by atoms with E-state index in [9.17, 15) is 0 Å². The first kappa shape index (κ1) is 15.8. The van der Waals surface area contributed by atoms with Crippen LogP contribution < -0.4 is 9.88 Å². The summed E-state index contributed by atoms with van der Waals surface area (Å²) < 4.78 is 3.55. The van der Waals surface area contributed by atoms with Crippen molar-refractivity contribution in [3.63, 3.8) is 0 Å². The molecule has 3 aromatic rings. The first-order chi connectivity index (χ1) is 10.8. The number of para-hydroxylation sites is 2. The molecule has 0 unspecified atom stereocenters. The number of fused-ring (bicyclic) bond motifs is 2. The Bertz CT molecular complexity index is 885. The molecule has 0 radical (unpaired) electrons. The number of anilines is 1. The van der Waals surface area contributed by atoms with E-state index in [4.69, 9.17) is 0 Å². The summed E-state index contributed by atoms with van der Waals surface area (Å²) in [5, 5.41) is 5.85. The van der Waals surface area contributed by atoms with Crippen LogP contribution in [0, 0.1) is 0 Å². The molecule has 2 N–H and O–H groups in total. The molecule has 1 aliphatic rings. The van der Waals surface area contributed by atoms with Gasteiger partial charge in [0, 0.05) is 17.0 Å². The summed E-state index contributed by atoms with van der Waals surface area (Å²) in [6.07, 6.45) is 6.42. The highest BCUT2D eigenvalue weighted by molar-refractivity contribution is 8.03. The molecule has 5 heteroatoms. The monoisotopic (exact) mass is 340 g/mol. The molecule has 116 valence electrons. The molecule has 4 rings (SSSR count). The van der Waals surface area contributed by atoms with Crippen LogP contribution in [0.2, 0.25) is 0 Å². The SMILES string of the molecule is C[n+]1c(C=CC=C2Nc3ccccc3S2)sc2ccccc21.[OH-]. The second-order valence-corrected chi connectivity index (χ2v) is 7.23. The topological polar surface area (TPSA) is 45.9 Å². The minimum atomic E-state index is 0. The third kappa shape index (κ3) is 3.03. The number of thiazole rings is 1. The van der Waals surface area contributed by atoms with Gasteiger partial charge in [-0.1, -0.05) is 53.4 Å². The molecule has 3 nitrogen and oxygen atoms in total. The highest BCUT2D eigenvalue weighted by atomic mass is 32.2. The van der Waals surface area contributed by atoms with Crippen LogP contribution in [-0.4, -0.2) is 5.48 Å². The van der Waals surface area contributed by atoms with Crippen molar-refractivity contribution in [3.05, 3.63) is 70.7 Å². The van der Waals surface area contributed by atoms with E-state index >= 15 is 0 Å². The van der Waals surface area contributed by atoms with Gasteiger partial charge >= 0.3 is 0 Å². The van der Waals surface area contributed by atoms with Crippen LogP contribution in [0.4, 0.5) is 5.69 Å². The fourth-order valence-electron chi connectivity index (χ4n) is 2.50. The lowest BCUT2D eigenvalue weighted by molar-refractivity contribution is -0.642. The first-order valence-electron chi connectivity index (χ1n) is 7.11. The summed E-state index contributed by atoms with van der Waals surface area (Å²) in [5.74, 6) is 0. The van der Waals surface area contributed by atoms with E-state index in [0.717, 1.165) is 0 Å². The molecule has 0 saturated heterocycles. The molecule has 0 saturated carbocycles. The van der Waals surface area contributed by atoms with Gasteiger partial charge in [0.05, 0.1) is 10.7 Å². The van der Waals surface area contributed by atoms with Gasteiger partial charge in [-0.3, -0.25) is 0 Å². The molecule has 0 amide bonds. The van der Waals surface area contributed by atoms with E-state index in [0.29, 0.717) is 0 Å². The van der Waals surface area contributed by atoms with Crippen molar-refractivity contribution in [3.8, 4) is 0 Å². The van der Waals surface area contributed by atoms with Gasteiger partial charge in [0.2, 0.25) is 5.52 Å². The standard InChI is InChI=1S/C18H14N2S2.H2O/c1-20-14-8-3-5-10-16(14)22-18(20)12-6-11-17-19-13-7-2-4-9-15(13)21-17;/h2-12H,1H3;1H2. The van der Waals surface area contributed by atoms with E-state index in [1.165, 1.54) is 30.8 Å². The van der Waals surface area contributed by atoms with Gasteiger partial charge in [0.15, 0.2) is 0 Å². The number of rotatable bonds is 2. The van der Waals surface area contributed by atoms with Gasteiger partial charge in [-0.15, -0.1) is 0 Å². The molecule has 2 aromatic carbocycles. The lowest BCUT2D eigenvalue weighted by Gasteiger charge is -1.95. The molecule has 23 heavy (non-hydrogen) atoms. The van der Waals surface area contributed by atoms with E-state index in [1.54, 1.807) is 11.8 Å². The minimum absolute atomic E-state index is 0. The molecule has 1 aromatic heterocycles. The van der Waals surface area contributed by atoms with E-state index < -0.39 is 0 Å². The number of hydrogen-bond acceptors (Lipinski definition) is 4. The Morgan fingerprint density at radius 1 is 1.04 bits per heavy atom. The van der Waals surface area contributed by atoms with Gasteiger partial charge < -0.3 is 10.8 Å². The Balaban J connectivity index is 0.00000156. The Morgan fingerprint density at radius 3 is 2.65 bits per heavy atom. The summed E-state index contributed by atoms with van der Waals surface area (Å²) in [5.41, 5.74) is 2.47. The number of thioether (sulfide) groups is 1. The predicted molar refractivity (Wildman–Crippen MR) is 98.0 cm³/mol. The third-order valence-electron chi connectivity index (χ3n) is 3.62. The number of hydrogen-bond donors (Lipinski definition) is 1. The number of aryl methyl sites for hydroxylation is 1. The molecule has 0 bridgehead atoms. The number of aromatic nitrogens is 1. The zero-order chi connectivity index (χ0) is 14.9. The highest BCUT2D eigenvalue weighted by Crippen LogP contribution is 2.40. The van der Waals surface area contributed by atoms with Gasteiger partial charge in [0.25, 0.3) is 5.01 Å². The predicted octanol–water partition coefficient (Wildman–Crippen LogP) is 4.62. The molecule has 1 aliphatic heterocycles. The Kier molecular flexibility index (Phi) is 4.52. The quantitative estimate of drug-likeness (QED) is 0.692. The van der Waals surface area contributed by atoms with Gasteiger partial charge in [-0.05, 0) is 24.3 Å². The largest absolute Gasteiger partial charge is 0.870 e. The molecule has 0 fully saturated rings. The number of benzene rings is 2. The van der Waals surface area contributed by atoms with Crippen LogP contribution >= 0.6 is 23.1 Å². The summed E-state index contributed by atoms with van der Waals surface area (Å²) in [6, 6.07) is 16.9. The second kappa shape index (κ2) is 6.58. The molecular formula is C18H16N2OS2. The van der Waals surface area contributed by atoms with E-state index in [1.807, 2.05) is 11.3 Å². The van der Waals surface area contributed by atoms with Gasteiger partial charge in [-0.2, -0.15) is 4.57 Å². The van der Waals surface area contributed by atoms with Crippen molar-refractivity contribution in [1.29, 1.82) is 0 Å². The molecule has 0 spiro atoms. The van der Waals surface area contributed by atoms with Crippen LogP contribution in [0.25, 0.3) is 16.3 Å². The lowest BCUT2D eigenvalue weighted by Crippen LogP contribution is -2.28. The second-order valence-electron chi connectivity index (χ2n) is 5.08. The summed E-state index contributed by atoms with van der Waals surface area (Å²) >= 11 is 3.59. The van der Waals surface area contributed by atoms with Crippen molar-refractivity contribution in [1.82, 2.24) is 0 Å². The van der Waals surface area contributed by atoms with Gasteiger partial charge in [-0.25, -0.2) is 0 Å². The van der Waals surface area contributed by atoms with Crippen molar-refractivity contribution < 1.29 is 10.0 Å². The van der Waals surface area contributed by atoms with E-state index in [2.05, 4.69) is 83.7 Å². The fourth-order valence-corrected chi connectivity index (χ4v) is 4.48. The average molecular weight is 340 g/mol. The van der Waals surface area contributed by atoms with Crippen molar-refractivity contribution in [2.75, 3.05) is 5.32 Å². The summed E-state index contributed by atoms with van der Waals surface area (Å²) in [6.45, 7) is 0. The smallest absolute Gasteiger partial charge is 0.262 e.